The molecule has 0 N–H and O–H groups in total. The van der Waals surface area contributed by atoms with Crippen LogP contribution in [-0.4, -0.2) is 14.0 Å². The van der Waals surface area contributed by atoms with Crippen LogP contribution in [0.1, 0.15) is 39.5 Å². The summed E-state index contributed by atoms with van der Waals surface area (Å²) in [7, 11) is -3.54. The molecule has 3 nitrogen and oxygen atoms in total. The van der Waals surface area contributed by atoms with Gasteiger partial charge in [-0.25, -0.2) is 0 Å². The highest BCUT2D eigenvalue weighted by Gasteiger charge is 2.41. The lowest BCUT2D eigenvalue weighted by molar-refractivity contribution is 0.0377. The van der Waals surface area contributed by atoms with Crippen LogP contribution in [0.5, 0.6) is 0 Å². The van der Waals surface area contributed by atoms with Crippen molar-refractivity contribution in [2.75, 3.05) is 0 Å². The first kappa shape index (κ1) is 11.7. The van der Waals surface area contributed by atoms with E-state index in [-0.39, 0.29) is 5.92 Å². The fraction of sp³-hybridized carbons (Fsp3) is 0.800. The van der Waals surface area contributed by atoms with Crippen LogP contribution in [0, 0.1) is 5.92 Å². The lowest BCUT2D eigenvalue weighted by atomic mass is 9.89. The van der Waals surface area contributed by atoms with E-state index in [2.05, 4.69) is 6.58 Å². The van der Waals surface area contributed by atoms with Crippen molar-refractivity contribution in [1.82, 2.24) is 0 Å². The Hall–Kier alpha value is -0.350. The summed E-state index contributed by atoms with van der Waals surface area (Å²) >= 11 is 0. The zero-order chi connectivity index (χ0) is 10.8. The molecule has 0 saturated heterocycles. The molecule has 1 saturated carbocycles. The Balaban J connectivity index is 2.85. The van der Waals surface area contributed by atoms with Crippen LogP contribution in [0.4, 0.5) is 0 Å². The van der Waals surface area contributed by atoms with E-state index in [9.17, 15) is 8.42 Å². The molecule has 0 aliphatic heterocycles. The van der Waals surface area contributed by atoms with Gasteiger partial charge in [0, 0.05) is 0 Å². The summed E-state index contributed by atoms with van der Waals surface area (Å²) in [5.74, 6) is 0.222. The Bertz CT molecular complexity index is 297. The standard InChI is InChI=1S/C10H18O3S/c1-4-14(11,12)13-10(9(2)3)7-5-6-8-10/h4,9H,1,5-8H2,2-3H3. The van der Waals surface area contributed by atoms with Crippen molar-refractivity contribution < 1.29 is 12.6 Å². The zero-order valence-electron chi connectivity index (χ0n) is 8.82. The van der Waals surface area contributed by atoms with Gasteiger partial charge in [-0.15, -0.1) is 0 Å². The van der Waals surface area contributed by atoms with Crippen LogP contribution in [0.25, 0.3) is 0 Å². The third kappa shape index (κ3) is 2.36. The van der Waals surface area contributed by atoms with Gasteiger partial charge in [0.1, 0.15) is 0 Å². The molecule has 1 aliphatic rings. The Kier molecular flexibility index (Phi) is 3.37. The predicted octanol–water partition coefficient (Wildman–Crippen LogP) is 2.45. The van der Waals surface area contributed by atoms with Gasteiger partial charge in [-0.3, -0.25) is 4.18 Å². The number of hydrogen-bond acceptors (Lipinski definition) is 3. The van der Waals surface area contributed by atoms with Crippen LogP contribution in [0.2, 0.25) is 0 Å². The first-order chi connectivity index (χ1) is 6.42. The van der Waals surface area contributed by atoms with Crippen molar-refractivity contribution in [2.24, 2.45) is 5.92 Å². The zero-order valence-corrected chi connectivity index (χ0v) is 9.64. The summed E-state index contributed by atoms with van der Waals surface area (Å²) in [5.41, 5.74) is -0.479. The lowest BCUT2D eigenvalue weighted by Gasteiger charge is -2.31. The highest BCUT2D eigenvalue weighted by Crippen LogP contribution is 2.40. The predicted molar refractivity (Wildman–Crippen MR) is 56.2 cm³/mol. The molecule has 4 heteroatoms. The molecule has 1 aliphatic carbocycles. The molecule has 0 atom stereocenters. The first-order valence-corrected chi connectivity index (χ1v) is 6.47. The highest BCUT2D eigenvalue weighted by atomic mass is 32.2. The van der Waals surface area contributed by atoms with E-state index in [4.69, 9.17) is 4.18 Å². The summed E-state index contributed by atoms with van der Waals surface area (Å²) in [5, 5.41) is 0.884. The van der Waals surface area contributed by atoms with Crippen LogP contribution < -0.4 is 0 Å². The molecule has 0 amide bonds. The lowest BCUT2D eigenvalue weighted by Crippen LogP contribution is -2.36. The maximum absolute atomic E-state index is 11.3. The summed E-state index contributed by atoms with van der Waals surface area (Å²) < 4.78 is 27.9. The van der Waals surface area contributed by atoms with Crippen molar-refractivity contribution in [3.63, 3.8) is 0 Å². The maximum atomic E-state index is 11.3. The van der Waals surface area contributed by atoms with Crippen LogP contribution in [0.3, 0.4) is 0 Å². The smallest absolute Gasteiger partial charge is 0.260 e. The van der Waals surface area contributed by atoms with E-state index in [1.54, 1.807) is 0 Å². The number of hydrogen-bond donors (Lipinski definition) is 0. The molecule has 1 fully saturated rings. The van der Waals surface area contributed by atoms with E-state index in [0.29, 0.717) is 0 Å². The molecule has 0 unspecified atom stereocenters. The second-order valence-electron chi connectivity index (χ2n) is 4.17. The number of rotatable bonds is 4. The average Bonchev–Trinajstić information content (AvgIpc) is 2.53. The Morgan fingerprint density at radius 1 is 1.36 bits per heavy atom. The fourth-order valence-corrected chi connectivity index (χ4v) is 2.89. The maximum Gasteiger partial charge on any atom is 0.290 e. The second-order valence-corrected chi connectivity index (χ2v) is 5.65. The van der Waals surface area contributed by atoms with Gasteiger partial charge in [0.15, 0.2) is 0 Å². The Morgan fingerprint density at radius 3 is 2.21 bits per heavy atom. The van der Waals surface area contributed by atoms with Crippen molar-refractivity contribution in [3.05, 3.63) is 12.0 Å². The van der Waals surface area contributed by atoms with E-state index < -0.39 is 15.7 Å². The molecular weight excluding hydrogens is 200 g/mol. The SMILES string of the molecule is C=CS(=O)(=O)OC1(C(C)C)CCCC1. The van der Waals surface area contributed by atoms with E-state index in [0.717, 1.165) is 31.1 Å². The summed E-state index contributed by atoms with van der Waals surface area (Å²) in [6, 6.07) is 0. The van der Waals surface area contributed by atoms with Gasteiger partial charge >= 0.3 is 0 Å². The summed E-state index contributed by atoms with van der Waals surface area (Å²) in [6.45, 7) is 7.26. The molecule has 14 heavy (non-hydrogen) atoms. The van der Waals surface area contributed by atoms with Gasteiger partial charge in [0.2, 0.25) is 0 Å². The van der Waals surface area contributed by atoms with E-state index in [1.165, 1.54) is 0 Å². The Labute approximate surface area is 86.3 Å². The van der Waals surface area contributed by atoms with Crippen molar-refractivity contribution in [2.45, 2.75) is 45.1 Å². The monoisotopic (exact) mass is 218 g/mol. The molecule has 1 rings (SSSR count). The molecular formula is C10H18O3S. The minimum atomic E-state index is -3.54. The van der Waals surface area contributed by atoms with Gasteiger partial charge in [-0.2, -0.15) is 8.42 Å². The first-order valence-electron chi connectivity index (χ1n) is 5.00. The topological polar surface area (TPSA) is 43.4 Å². The van der Waals surface area contributed by atoms with Gasteiger partial charge < -0.3 is 0 Å². The summed E-state index contributed by atoms with van der Waals surface area (Å²) in [4.78, 5) is 0. The van der Waals surface area contributed by atoms with Gasteiger partial charge in [-0.05, 0) is 18.8 Å². The van der Waals surface area contributed by atoms with E-state index >= 15 is 0 Å². The Morgan fingerprint density at radius 2 is 1.86 bits per heavy atom. The van der Waals surface area contributed by atoms with Crippen LogP contribution >= 0.6 is 0 Å². The molecule has 82 valence electrons. The minimum absolute atomic E-state index is 0.222. The largest absolute Gasteiger partial charge is 0.290 e. The van der Waals surface area contributed by atoms with E-state index in [1.807, 2.05) is 13.8 Å². The second kappa shape index (κ2) is 4.03. The van der Waals surface area contributed by atoms with Crippen molar-refractivity contribution in [3.8, 4) is 0 Å². The van der Waals surface area contributed by atoms with Crippen LogP contribution in [0.15, 0.2) is 12.0 Å². The van der Waals surface area contributed by atoms with Gasteiger partial charge in [-0.1, -0.05) is 33.3 Å². The van der Waals surface area contributed by atoms with Crippen molar-refractivity contribution in [1.29, 1.82) is 0 Å². The molecule has 0 aromatic carbocycles. The average molecular weight is 218 g/mol. The summed E-state index contributed by atoms with van der Waals surface area (Å²) in [6.07, 6.45) is 3.76. The highest BCUT2D eigenvalue weighted by molar-refractivity contribution is 7.89. The quantitative estimate of drug-likeness (QED) is 0.681. The molecule has 0 heterocycles. The third-order valence-electron chi connectivity index (χ3n) is 2.99. The third-order valence-corrected chi connectivity index (χ3v) is 3.96. The van der Waals surface area contributed by atoms with Gasteiger partial charge in [0.05, 0.1) is 11.0 Å². The molecule has 0 radical (unpaired) electrons. The minimum Gasteiger partial charge on any atom is -0.260 e. The van der Waals surface area contributed by atoms with Crippen LogP contribution in [-0.2, 0) is 14.3 Å². The molecule has 0 aromatic rings. The molecule has 0 bridgehead atoms. The van der Waals surface area contributed by atoms with Gasteiger partial charge in [0.25, 0.3) is 10.1 Å². The molecule has 0 aromatic heterocycles. The molecule has 0 spiro atoms. The normalized spacial score (nSPS) is 21.4. The fourth-order valence-electron chi connectivity index (χ4n) is 2.00. The van der Waals surface area contributed by atoms with Crippen molar-refractivity contribution >= 4 is 10.1 Å².